The molecular formula is C23H18N2O4S. The molecule has 0 spiro atoms. The van der Waals surface area contributed by atoms with Crippen LogP contribution < -0.4 is 19.0 Å². The smallest absolute Gasteiger partial charge is 0.279 e. The topological polar surface area (TPSA) is 62.1 Å². The lowest BCUT2D eigenvalue weighted by atomic mass is 10.2. The van der Waals surface area contributed by atoms with Crippen LogP contribution in [0, 0.1) is 0 Å². The van der Waals surface area contributed by atoms with E-state index in [2.05, 4.69) is 4.99 Å². The number of rotatable bonds is 3. The van der Waals surface area contributed by atoms with Crippen LogP contribution in [-0.2, 0) is 7.05 Å². The number of aromatic nitrogens is 1. The molecule has 0 N–H and O–H groups in total. The van der Waals surface area contributed by atoms with E-state index in [4.69, 9.17) is 14.2 Å². The van der Waals surface area contributed by atoms with E-state index in [1.165, 1.54) is 11.3 Å². The number of ether oxygens (including phenoxy) is 3. The van der Waals surface area contributed by atoms with E-state index in [0.29, 0.717) is 35.1 Å². The van der Waals surface area contributed by atoms with Crippen molar-refractivity contribution in [1.29, 1.82) is 0 Å². The minimum absolute atomic E-state index is 0.305. The second-order valence-corrected chi connectivity index (χ2v) is 7.77. The summed E-state index contributed by atoms with van der Waals surface area (Å²) < 4.78 is 20.0. The first-order valence-electron chi connectivity index (χ1n) is 9.48. The maximum absolute atomic E-state index is 12.7. The van der Waals surface area contributed by atoms with E-state index >= 15 is 0 Å². The van der Waals surface area contributed by atoms with Gasteiger partial charge in [-0.25, -0.2) is 0 Å². The lowest BCUT2D eigenvalue weighted by Gasteiger charge is -2.18. The normalized spacial score (nSPS) is 13.4. The van der Waals surface area contributed by atoms with Crippen molar-refractivity contribution in [1.82, 2.24) is 4.57 Å². The Morgan fingerprint density at radius 1 is 0.967 bits per heavy atom. The van der Waals surface area contributed by atoms with E-state index in [1.807, 2.05) is 54.1 Å². The number of para-hydroxylation sites is 1. The van der Waals surface area contributed by atoms with Gasteiger partial charge in [-0.1, -0.05) is 29.5 Å². The van der Waals surface area contributed by atoms with E-state index < -0.39 is 0 Å². The fourth-order valence-corrected chi connectivity index (χ4v) is 4.24. The Kier molecular flexibility index (Phi) is 4.72. The van der Waals surface area contributed by atoms with Crippen molar-refractivity contribution in [2.45, 2.75) is 0 Å². The highest BCUT2D eigenvalue weighted by Crippen LogP contribution is 2.35. The van der Waals surface area contributed by atoms with Gasteiger partial charge in [0.1, 0.15) is 24.7 Å². The lowest BCUT2D eigenvalue weighted by molar-refractivity contribution is 0.0998. The summed E-state index contributed by atoms with van der Waals surface area (Å²) in [6.45, 7) is 1.07. The Balaban J connectivity index is 1.42. The molecule has 5 rings (SSSR count). The van der Waals surface area contributed by atoms with Crippen LogP contribution in [-0.4, -0.2) is 23.7 Å². The molecule has 0 fully saturated rings. The Morgan fingerprint density at radius 2 is 1.63 bits per heavy atom. The zero-order valence-corrected chi connectivity index (χ0v) is 17.0. The molecule has 1 aromatic heterocycles. The second kappa shape index (κ2) is 7.68. The van der Waals surface area contributed by atoms with Crippen molar-refractivity contribution in [3.8, 4) is 23.0 Å². The number of thiazole rings is 1. The van der Waals surface area contributed by atoms with Gasteiger partial charge in [0.15, 0.2) is 16.3 Å². The standard InChI is InChI=1S/C23H18N2O4S/c1-25-18-13-19-20(28-12-11-27-19)14-21(18)30-23(25)24-22(26)15-7-9-17(10-8-15)29-16-5-3-2-4-6-16/h2-10,13-14H,11-12H2,1H3. The molecule has 1 aliphatic heterocycles. The van der Waals surface area contributed by atoms with Crippen LogP contribution in [0.15, 0.2) is 71.7 Å². The quantitative estimate of drug-likeness (QED) is 0.490. The molecule has 7 heteroatoms. The summed E-state index contributed by atoms with van der Waals surface area (Å²) in [5.41, 5.74) is 1.45. The molecule has 0 aliphatic carbocycles. The molecule has 1 amide bonds. The van der Waals surface area contributed by atoms with Crippen molar-refractivity contribution in [2.24, 2.45) is 12.0 Å². The van der Waals surface area contributed by atoms with E-state index in [-0.39, 0.29) is 5.91 Å². The van der Waals surface area contributed by atoms with Gasteiger partial charge in [-0.2, -0.15) is 4.99 Å². The fraction of sp³-hybridized carbons (Fsp3) is 0.130. The number of benzene rings is 3. The zero-order chi connectivity index (χ0) is 20.5. The predicted molar refractivity (Wildman–Crippen MR) is 115 cm³/mol. The Morgan fingerprint density at radius 3 is 2.37 bits per heavy atom. The first-order chi connectivity index (χ1) is 14.7. The van der Waals surface area contributed by atoms with Gasteiger partial charge in [0.2, 0.25) is 0 Å². The Hall–Kier alpha value is -3.58. The van der Waals surface area contributed by atoms with Crippen molar-refractivity contribution < 1.29 is 19.0 Å². The molecule has 0 saturated heterocycles. The maximum Gasteiger partial charge on any atom is 0.279 e. The average molecular weight is 418 g/mol. The number of fused-ring (bicyclic) bond motifs is 2. The van der Waals surface area contributed by atoms with E-state index in [1.54, 1.807) is 24.3 Å². The summed E-state index contributed by atoms with van der Waals surface area (Å²) >= 11 is 1.44. The number of carbonyl (C=O) groups excluding carboxylic acids is 1. The van der Waals surface area contributed by atoms with Gasteiger partial charge in [-0.15, -0.1) is 0 Å². The number of carbonyl (C=O) groups is 1. The first-order valence-corrected chi connectivity index (χ1v) is 10.3. The molecule has 4 aromatic rings. The lowest BCUT2D eigenvalue weighted by Crippen LogP contribution is -2.15. The van der Waals surface area contributed by atoms with Crippen LogP contribution >= 0.6 is 11.3 Å². The number of nitrogens with zero attached hydrogens (tertiary/aromatic N) is 2. The monoisotopic (exact) mass is 418 g/mol. The van der Waals surface area contributed by atoms with Crippen molar-refractivity contribution >= 4 is 27.5 Å². The summed E-state index contributed by atoms with van der Waals surface area (Å²) in [6.07, 6.45) is 0. The molecule has 150 valence electrons. The first kappa shape index (κ1) is 18.4. The molecule has 2 heterocycles. The average Bonchev–Trinajstić information content (AvgIpc) is 3.07. The highest BCUT2D eigenvalue weighted by atomic mass is 32.1. The highest BCUT2D eigenvalue weighted by Gasteiger charge is 2.16. The van der Waals surface area contributed by atoms with Crippen LogP contribution in [0.3, 0.4) is 0 Å². The molecule has 1 aliphatic rings. The molecule has 0 unspecified atom stereocenters. The van der Waals surface area contributed by atoms with Gasteiger partial charge in [0.05, 0.1) is 10.2 Å². The van der Waals surface area contributed by atoms with Gasteiger partial charge >= 0.3 is 0 Å². The minimum Gasteiger partial charge on any atom is -0.486 e. The third-order valence-electron chi connectivity index (χ3n) is 4.75. The van der Waals surface area contributed by atoms with Gasteiger partial charge in [0.25, 0.3) is 5.91 Å². The van der Waals surface area contributed by atoms with E-state index in [0.717, 1.165) is 21.7 Å². The number of aryl methyl sites for hydroxylation is 1. The van der Waals surface area contributed by atoms with Crippen LogP contribution in [0.5, 0.6) is 23.0 Å². The molecular weight excluding hydrogens is 400 g/mol. The van der Waals surface area contributed by atoms with Crippen LogP contribution in [0.1, 0.15) is 10.4 Å². The molecule has 3 aromatic carbocycles. The number of hydrogen-bond donors (Lipinski definition) is 0. The third-order valence-corrected chi connectivity index (χ3v) is 5.85. The Bertz CT molecular complexity index is 1290. The molecule has 0 bridgehead atoms. The summed E-state index contributed by atoms with van der Waals surface area (Å²) in [6, 6.07) is 20.3. The Labute approximate surface area is 176 Å². The SMILES string of the molecule is Cn1c(=NC(=O)c2ccc(Oc3ccccc3)cc2)sc2cc3c(cc21)OCCO3. The summed E-state index contributed by atoms with van der Waals surface area (Å²) in [4.78, 5) is 17.6. The molecule has 30 heavy (non-hydrogen) atoms. The number of amides is 1. The number of hydrogen-bond acceptors (Lipinski definition) is 5. The molecule has 0 saturated carbocycles. The van der Waals surface area contributed by atoms with Crippen molar-refractivity contribution in [3.63, 3.8) is 0 Å². The summed E-state index contributed by atoms with van der Waals surface area (Å²) in [5, 5.41) is 0. The van der Waals surface area contributed by atoms with Crippen LogP contribution in [0.25, 0.3) is 10.2 Å². The minimum atomic E-state index is -0.305. The molecule has 0 radical (unpaired) electrons. The molecule has 0 atom stereocenters. The predicted octanol–water partition coefficient (Wildman–Crippen LogP) is 4.54. The van der Waals surface area contributed by atoms with Crippen molar-refractivity contribution in [3.05, 3.63) is 77.1 Å². The second-order valence-electron chi connectivity index (χ2n) is 6.76. The summed E-state index contributed by atoms with van der Waals surface area (Å²) in [5.74, 6) is 2.54. The zero-order valence-electron chi connectivity index (χ0n) is 16.2. The van der Waals surface area contributed by atoms with Crippen molar-refractivity contribution in [2.75, 3.05) is 13.2 Å². The largest absolute Gasteiger partial charge is 0.486 e. The van der Waals surface area contributed by atoms with Gasteiger partial charge in [-0.05, 0) is 36.4 Å². The van der Waals surface area contributed by atoms with E-state index in [9.17, 15) is 4.79 Å². The van der Waals surface area contributed by atoms with Gasteiger partial charge < -0.3 is 18.8 Å². The van der Waals surface area contributed by atoms with Crippen LogP contribution in [0.4, 0.5) is 0 Å². The highest BCUT2D eigenvalue weighted by molar-refractivity contribution is 7.16. The molecule has 6 nitrogen and oxygen atoms in total. The third kappa shape index (κ3) is 3.55. The van der Waals surface area contributed by atoms with Gasteiger partial charge in [0, 0.05) is 24.7 Å². The van der Waals surface area contributed by atoms with Gasteiger partial charge in [-0.3, -0.25) is 4.79 Å². The van der Waals surface area contributed by atoms with Crippen LogP contribution in [0.2, 0.25) is 0 Å². The fourth-order valence-electron chi connectivity index (χ4n) is 3.21. The maximum atomic E-state index is 12.7. The summed E-state index contributed by atoms with van der Waals surface area (Å²) in [7, 11) is 1.89.